The van der Waals surface area contributed by atoms with E-state index in [4.69, 9.17) is 16.6 Å². The summed E-state index contributed by atoms with van der Waals surface area (Å²) in [4.78, 5) is 26.1. The quantitative estimate of drug-likeness (QED) is 0.265. The minimum Gasteiger partial charge on any atom is -0.343 e. The highest BCUT2D eigenvalue weighted by atomic mass is 35.5. The van der Waals surface area contributed by atoms with E-state index >= 15 is 0 Å². The van der Waals surface area contributed by atoms with Gasteiger partial charge in [-0.2, -0.15) is 0 Å². The van der Waals surface area contributed by atoms with Gasteiger partial charge in [0.1, 0.15) is 22.6 Å². The van der Waals surface area contributed by atoms with E-state index in [1.165, 1.54) is 0 Å². The van der Waals surface area contributed by atoms with Crippen molar-refractivity contribution in [3.8, 4) is 16.8 Å². The summed E-state index contributed by atoms with van der Waals surface area (Å²) < 4.78 is 2.06. The van der Waals surface area contributed by atoms with Crippen molar-refractivity contribution in [3.63, 3.8) is 0 Å². The van der Waals surface area contributed by atoms with Crippen LogP contribution in [0.25, 0.3) is 5.00 Å². The molecule has 9 heteroatoms. The number of amides is 1. The predicted octanol–water partition coefficient (Wildman–Crippen LogP) is 6.32. The molecule has 1 atom stereocenters. The maximum Gasteiger partial charge on any atom is 0.225 e. The molecule has 41 heavy (non-hydrogen) atoms. The summed E-state index contributed by atoms with van der Waals surface area (Å²) in [7, 11) is 0. The first kappa shape index (κ1) is 27.4. The van der Waals surface area contributed by atoms with E-state index in [-0.39, 0.29) is 17.7 Å². The molecule has 3 aromatic heterocycles. The van der Waals surface area contributed by atoms with Gasteiger partial charge >= 0.3 is 0 Å². The number of aromatic nitrogens is 4. The number of thiophene rings is 1. The number of likely N-dealkylation sites (tertiary alicyclic amines) is 1. The lowest BCUT2D eigenvalue weighted by Gasteiger charge is -2.37. The average molecular weight is 583 g/mol. The molecule has 1 aromatic carbocycles. The zero-order chi connectivity index (χ0) is 28.7. The van der Waals surface area contributed by atoms with Crippen molar-refractivity contribution >= 4 is 34.6 Å². The van der Waals surface area contributed by atoms with Crippen LogP contribution in [-0.4, -0.2) is 49.4 Å². The van der Waals surface area contributed by atoms with Gasteiger partial charge < -0.3 is 4.90 Å². The van der Waals surface area contributed by atoms with Gasteiger partial charge in [-0.1, -0.05) is 43.6 Å². The van der Waals surface area contributed by atoms with E-state index in [1.54, 1.807) is 17.5 Å². The molecule has 0 unspecified atom stereocenters. The monoisotopic (exact) mass is 582 g/mol. The highest BCUT2D eigenvalue weighted by Crippen LogP contribution is 2.40. The second kappa shape index (κ2) is 10.9. The average Bonchev–Trinajstić information content (AvgIpc) is 3.45. The number of rotatable bonds is 3. The van der Waals surface area contributed by atoms with E-state index in [9.17, 15) is 4.79 Å². The Bertz CT molecular complexity index is 1700. The Hall–Kier alpha value is -3.80. The Kier molecular flexibility index (Phi) is 7.27. The van der Waals surface area contributed by atoms with E-state index in [0.717, 1.165) is 64.0 Å². The van der Waals surface area contributed by atoms with E-state index < -0.39 is 6.04 Å². The molecule has 2 aliphatic rings. The van der Waals surface area contributed by atoms with Crippen molar-refractivity contribution in [2.24, 2.45) is 10.4 Å². The number of hydrogen-bond donors (Lipinski definition) is 0. The van der Waals surface area contributed by atoms with Gasteiger partial charge in [0, 0.05) is 35.4 Å². The number of carbonyl (C=O) groups excluding carboxylic acids is 1. The number of carbonyl (C=O) groups is 1. The van der Waals surface area contributed by atoms with Gasteiger partial charge in [-0.15, -0.1) is 21.5 Å². The lowest BCUT2D eigenvalue weighted by atomic mass is 9.82. The molecule has 7 nitrogen and oxygen atoms in total. The Morgan fingerprint density at radius 2 is 1.83 bits per heavy atom. The summed E-state index contributed by atoms with van der Waals surface area (Å²) in [6.45, 7) is 10.1. The molecule has 0 N–H and O–H groups in total. The molecule has 4 aromatic rings. The molecule has 6 rings (SSSR count). The van der Waals surface area contributed by atoms with Crippen LogP contribution in [0, 0.1) is 31.1 Å². The van der Waals surface area contributed by atoms with Crippen molar-refractivity contribution in [3.05, 3.63) is 92.6 Å². The number of pyridine rings is 1. The topological polar surface area (TPSA) is 76.3 Å². The molecule has 0 bridgehead atoms. The van der Waals surface area contributed by atoms with E-state index in [2.05, 4.69) is 52.4 Å². The molecule has 0 radical (unpaired) electrons. The first-order valence-corrected chi connectivity index (χ1v) is 15.0. The van der Waals surface area contributed by atoms with Crippen LogP contribution in [0.5, 0.6) is 0 Å². The van der Waals surface area contributed by atoms with Gasteiger partial charge in [-0.05, 0) is 73.8 Å². The molecule has 0 saturated carbocycles. The summed E-state index contributed by atoms with van der Waals surface area (Å²) in [5.74, 6) is 8.05. The third kappa shape index (κ3) is 5.44. The number of hydrogen-bond acceptors (Lipinski definition) is 6. The van der Waals surface area contributed by atoms with Crippen LogP contribution >= 0.6 is 22.9 Å². The number of halogens is 1. The van der Waals surface area contributed by atoms with E-state index in [1.807, 2.05) is 54.3 Å². The van der Waals surface area contributed by atoms with Gasteiger partial charge in [-0.25, -0.2) is 4.98 Å². The van der Waals surface area contributed by atoms with Gasteiger partial charge in [-0.3, -0.25) is 14.4 Å². The maximum atomic E-state index is 13.6. The minimum atomic E-state index is -0.480. The fraction of sp³-hybridized carbons (Fsp3) is 0.344. The molecule has 208 valence electrons. The number of aryl methyl sites for hydroxylation is 1. The molecule has 1 fully saturated rings. The summed E-state index contributed by atoms with van der Waals surface area (Å²) in [6, 6.07) is 12.9. The molecule has 1 amide bonds. The number of aliphatic imine (C=N–C) groups is 1. The van der Waals surface area contributed by atoms with Crippen molar-refractivity contribution < 1.29 is 4.79 Å². The van der Waals surface area contributed by atoms with E-state index in [0.29, 0.717) is 16.5 Å². The SMILES string of the molecule is Cc1c(C#Cc2ccccn2)sc2c1C(c1ccc(Cl)cc1)=N[C@@H](CC(=O)N1CCC(C)(C)CC1)c1nnc(C)n1-2. The molecule has 2 aliphatic heterocycles. The zero-order valence-corrected chi connectivity index (χ0v) is 25.2. The Morgan fingerprint density at radius 3 is 2.54 bits per heavy atom. The van der Waals surface area contributed by atoms with Gasteiger partial charge in [0.2, 0.25) is 5.91 Å². The number of nitrogens with zero attached hydrogens (tertiary/aromatic N) is 6. The summed E-state index contributed by atoms with van der Waals surface area (Å²) in [6.07, 6.45) is 3.97. The fourth-order valence-corrected chi connectivity index (χ4v) is 6.70. The lowest BCUT2D eigenvalue weighted by Crippen LogP contribution is -2.41. The summed E-state index contributed by atoms with van der Waals surface area (Å²) in [5, 5.41) is 10.6. The molecule has 5 heterocycles. The largest absolute Gasteiger partial charge is 0.343 e. The van der Waals surface area contributed by atoms with Crippen molar-refractivity contribution in [2.75, 3.05) is 13.1 Å². The van der Waals surface area contributed by atoms with Crippen molar-refractivity contribution in [1.82, 2.24) is 24.6 Å². The third-order valence-electron chi connectivity index (χ3n) is 7.93. The van der Waals surface area contributed by atoms with Crippen molar-refractivity contribution in [1.29, 1.82) is 0 Å². The predicted molar refractivity (Wildman–Crippen MR) is 163 cm³/mol. The lowest BCUT2D eigenvalue weighted by molar-refractivity contribution is -0.133. The molecule has 0 spiro atoms. The van der Waals surface area contributed by atoms with Crippen LogP contribution in [0.1, 0.15) is 78.1 Å². The fourth-order valence-electron chi connectivity index (χ4n) is 5.35. The van der Waals surface area contributed by atoms with Crippen LogP contribution in [-0.2, 0) is 4.79 Å². The first-order chi connectivity index (χ1) is 19.7. The summed E-state index contributed by atoms with van der Waals surface area (Å²) >= 11 is 7.85. The number of piperidine rings is 1. The highest BCUT2D eigenvalue weighted by molar-refractivity contribution is 7.15. The molecule has 0 aliphatic carbocycles. The smallest absolute Gasteiger partial charge is 0.225 e. The standard InChI is InChI=1S/C32H31ClN6OS/c1-20-26(13-12-24-7-5-6-16-34-24)41-31-28(20)29(22-8-10-23(33)11-9-22)35-25(30-37-36-21(2)39(30)31)19-27(40)38-17-14-32(3,4)15-18-38/h5-11,16,25H,14-15,17-19H2,1-4H3/t25-/m0/s1. The first-order valence-electron chi connectivity index (χ1n) is 13.8. The molecular weight excluding hydrogens is 552 g/mol. The third-order valence-corrected chi connectivity index (χ3v) is 9.37. The number of fused-ring (bicyclic) bond motifs is 3. The maximum absolute atomic E-state index is 13.6. The molecular formula is C32H31ClN6OS. The zero-order valence-electron chi connectivity index (χ0n) is 23.6. The Morgan fingerprint density at radius 1 is 1.07 bits per heavy atom. The van der Waals surface area contributed by atoms with Gasteiger partial charge in [0.05, 0.1) is 17.0 Å². The van der Waals surface area contributed by atoms with Crippen LogP contribution in [0.3, 0.4) is 0 Å². The highest BCUT2D eigenvalue weighted by Gasteiger charge is 2.35. The van der Waals surface area contributed by atoms with Crippen LogP contribution in [0.15, 0.2) is 53.7 Å². The van der Waals surface area contributed by atoms with Crippen LogP contribution in [0.2, 0.25) is 5.02 Å². The molecule has 1 saturated heterocycles. The van der Waals surface area contributed by atoms with Crippen molar-refractivity contribution in [2.45, 2.75) is 53.0 Å². The normalized spacial score (nSPS) is 17.5. The van der Waals surface area contributed by atoms with Crippen LogP contribution < -0.4 is 0 Å². The van der Waals surface area contributed by atoms with Gasteiger partial charge in [0.25, 0.3) is 0 Å². The second-order valence-electron chi connectivity index (χ2n) is 11.4. The van der Waals surface area contributed by atoms with Gasteiger partial charge in [0.15, 0.2) is 5.82 Å². The van der Waals surface area contributed by atoms with Crippen LogP contribution in [0.4, 0.5) is 0 Å². The Balaban J connectivity index is 1.46. The Labute approximate surface area is 249 Å². The second-order valence-corrected chi connectivity index (χ2v) is 12.8. The summed E-state index contributed by atoms with van der Waals surface area (Å²) in [5.41, 5.74) is 4.70. The number of benzene rings is 1. The minimum absolute atomic E-state index is 0.0980.